The first-order valence-corrected chi connectivity index (χ1v) is 7.52. The van der Waals surface area contributed by atoms with Crippen LogP contribution >= 0.6 is 0 Å². The van der Waals surface area contributed by atoms with E-state index in [9.17, 15) is 4.79 Å². The molecule has 0 bridgehead atoms. The Morgan fingerprint density at radius 2 is 2.05 bits per heavy atom. The Morgan fingerprint density at radius 1 is 1.26 bits per heavy atom. The van der Waals surface area contributed by atoms with E-state index in [2.05, 4.69) is 5.32 Å². The number of hydrogen-bond acceptors (Lipinski definition) is 4. The van der Waals surface area contributed by atoms with Crippen molar-refractivity contribution in [3.63, 3.8) is 0 Å². The highest BCUT2D eigenvalue weighted by Crippen LogP contribution is 2.16. The molecule has 110 valence electrons. The first-order valence-electron chi connectivity index (χ1n) is 7.52. The van der Waals surface area contributed by atoms with Crippen LogP contribution in [-0.4, -0.2) is 62.4 Å². The van der Waals surface area contributed by atoms with E-state index in [-0.39, 0.29) is 11.9 Å². The van der Waals surface area contributed by atoms with Crippen LogP contribution in [-0.2, 0) is 14.3 Å². The summed E-state index contributed by atoms with van der Waals surface area (Å²) in [6.07, 6.45) is 4.30. The molecule has 0 aromatic rings. The highest BCUT2D eigenvalue weighted by Gasteiger charge is 2.29. The molecule has 2 rings (SSSR count). The number of hydrogen-bond donors (Lipinski definition) is 1. The van der Waals surface area contributed by atoms with E-state index in [4.69, 9.17) is 9.47 Å². The molecule has 1 atom stereocenters. The third-order valence-electron chi connectivity index (χ3n) is 3.90. The molecule has 0 unspecified atom stereocenters. The normalized spacial score (nSPS) is 24.9. The largest absolute Gasteiger partial charge is 0.379 e. The molecule has 0 aromatic heterocycles. The fourth-order valence-electron chi connectivity index (χ4n) is 2.78. The molecule has 0 aliphatic carbocycles. The summed E-state index contributed by atoms with van der Waals surface area (Å²) in [6.45, 7) is 6.70. The monoisotopic (exact) mass is 270 g/mol. The van der Waals surface area contributed by atoms with Crippen molar-refractivity contribution >= 4 is 5.91 Å². The van der Waals surface area contributed by atoms with E-state index in [0.717, 1.165) is 51.9 Å². The van der Waals surface area contributed by atoms with Crippen LogP contribution < -0.4 is 5.32 Å². The predicted molar refractivity (Wildman–Crippen MR) is 73.1 cm³/mol. The third kappa shape index (κ3) is 4.44. The highest BCUT2D eigenvalue weighted by molar-refractivity contribution is 5.82. The third-order valence-corrected chi connectivity index (χ3v) is 3.90. The minimum atomic E-state index is 0.0652. The lowest BCUT2D eigenvalue weighted by molar-refractivity contribution is -0.135. The van der Waals surface area contributed by atoms with Crippen LogP contribution in [0.4, 0.5) is 0 Å². The summed E-state index contributed by atoms with van der Waals surface area (Å²) >= 11 is 0. The van der Waals surface area contributed by atoms with Gasteiger partial charge in [-0.05, 0) is 39.2 Å². The Labute approximate surface area is 115 Å². The molecular formula is C14H26N2O3. The Kier molecular flexibility index (Phi) is 6.07. The number of ether oxygens (including phenoxy) is 2. The lowest BCUT2D eigenvalue weighted by atomic mass is 10.1. The van der Waals surface area contributed by atoms with Gasteiger partial charge in [0.1, 0.15) is 0 Å². The highest BCUT2D eigenvalue weighted by atomic mass is 16.5. The second-order valence-electron chi connectivity index (χ2n) is 5.24. The molecule has 0 spiro atoms. The fourth-order valence-corrected chi connectivity index (χ4v) is 2.78. The number of nitrogens with zero attached hydrogens (tertiary/aromatic N) is 1. The van der Waals surface area contributed by atoms with E-state index in [1.165, 1.54) is 0 Å². The quantitative estimate of drug-likeness (QED) is 0.725. The summed E-state index contributed by atoms with van der Waals surface area (Å²) in [6, 6.07) is 0.0652. The smallest absolute Gasteiger partial charge is 0.239 e. The molecule has 1 N–H and O–H groups in total. The van der Waals surface area contributed by atoms with Crippen LogP contribution in [0.25, 0.3) is 0 Å². The zero-order valence-corrected chi connectivity index (χ0v) is 11.9. The summed E-state index contributed by atoms with van der Waals surface area (Å²) in [5.41, 5.74) is 0. The Balaban J connectivity index is 1.63. The van der Waals surface area contributed by atoms with Gasteiger partial charge in [-0.2, -0.15) is 0 Å². The topological polar surface area (TPSA) is 50.8 Å². The number of carbonyl (C=O) groups excluding carboxylic acids is 1. The van der Waals surface area contributed by atoms with Crippen molar-refractivity contribution < 1.29 is 14.3 Å². The molecule has 0 aromatic carbocycles. The summed E-state index contributed by atoms with van der Waals surface area (Å²) in [4.78, 5) is 14.2. The number of carbonyl (C=O) groups is 1. The molecule has 0 saturated carbocycles. The molecule has 5 heteroatoms. The van der Waals surface area contributed by atoms with E-state index >= 15 is 0 Å². The van der Waals surface area contributed by atoms with E-state index in [0.29, 0.717) is 19.3 Å². The Morgan fingerprint density at radius 3 is 2.68 bits per heavy atom. The lowest BCUT2D eigenvalue weighted by Crippen LogP contribution is -2.48. The number of amides is 1. The van der Waals surface area contributed by atoms with Gasteiger partial charge in [0.2, 0.25) is 5.91 Å². The van der Waals surface area contributed by atoms with Gasteiger partial charge in [0.25, 0.3) is 0 Å². The molecular weight excluding hydrogens is 244 g/mol. The number of nitrogens with one attached hydrogen (secondary N) is 1. The van der Waals surface area contributed by atoms with Gasteiger partial charge in [0.05, 0.1) is 25.4 Å². The van der Waals surface area contributed by atoms with Crippen molar-refractivity contribution in [3.8, 4) is 0 Å². The van der Waals surface area contributed by atoms with Crippen LogP contribution in [0.1, 0.15) is 32.6 Å². The minimum Gasteiger partial charge on any atom is -0.379 e. The van der Waals surface area contributed by atoms with Gasteiger partial charge in [-0.25, -0.2) is 0 Å². The lowest BCUT2D eigenvalue weighted by Gasteiger charge is -2.33. The second-order valence-corrected chi connectivity index (χ2v) is 5.24. The van der Waals surface area contributed by atoms with E-state index in [1.54, 1.807) is 0 Å². The van der Waals surface area contributed by atoms with Crippen LogP contribution in [0.5, 0.6) is 0 Å². The molecule has 2 aliphatic rings. The van der Waals surface area contributed by atoms with Gasteiger partial charge < -0.3 is 19.7 Å². The van der Waals surface area contributed by atoms with Crippen molar-refractivity contribution in [2.45, 2.75) is 44.8 Å². The first kappa shape index (κ1) is 14.8. The molecule has 1 amide bonds. The van der Waals surface area contributed by atoms with Gasteiger partial charge in [0, 0.05) is 19.7 Å². The van der Waals surface area contributed by atoms with Crippen LogP contribution in [0.3, 0.4) is 0 Å². The van der Waals surface area contributed by atoms with Gasteiger partial charge in [0.15, 0.2) is 0 Å². The summed E-state index contributed by atoms with van der Waals surface area (Å²) in [5, 5.41) is 3.27. The molecule has 19 heavy (non-hydrogen) atoms. The average molecular weight is 270 g/mol. The van der Waals surface area contributed by atoms with Crippen molar-refractivity contribution in [1.82, 2.24) is 10.2 Å². The molecule has 5 nitrogen and oxygen atoms in total. The van der Waals surface area contributed by atoms with Crippen LogP contribution in [0.15, 0.2) is 0 Å². The Bertz CT molecular complexity index is 272. The van der Waals surface area contributed by atoms with Crippen LogP contribution in [0.2, 0.25) is 0 Å². The second kappa shape index (κ2) is 7.82. The van der Waals surface area contributed by atoms with Gasteiger partial charge in [-0.3, -0.25) is 4.79 Å². The van der Waals surface area contributed by atoms with E-state index in [1.807, 2.05) is 11.8 Å². The summed E-state index contributed by atoms with van der Waals surface area (Å²) in [5.74, 6) is 0.283. The predicted octanol–water partition coefficient (Wildman–Crippen LogP) is 0.783. The first-order chi connectivity index (χ1) is 9.31. The van der Waals surface area contributed by atoms with E-state index < -0.39 is 0 Å². The van der Waals surface area contributed by atoms with Crippen molar-refractivity contribution in [1.29, 1.82) is 0 Å². The van der Waals surface area contributed by atoms with Gasteiger partial charge in [-0.15, -0.1) is 0 Å². The minimum absolute atomic E-state index is 0.0652. The molecule has 2 heterocycles. The molecule has 2 aliphatic heterocycles. The zero-order chi connectivity index (χ0) is 13.5. The van der Waals surface area contributed by atoms with Crippen molar-refractivity contribution in [2.75, 3.05) is 39.5 Å². The van der Waals surface area contributed by atoms with Gasteiger partial charge in [-0.1, -0.05) is 0 Å². The Hall–Kier alpha value is -0.650. The zero-order valence-electron chi connectivity index (χ0n) is 11.9. The molecule has 2 saturated heterocycles. The average Bonchev–Trinajstić information content (AvgIpc) is 2.98. The van der Waals surface area contributed by atoms with Crippen molar-refractivity contribution in [3.05, 3.63) is 0 Å². The summed E-state index contributed by atoms with van der Waals surface area (Å²) < 4.78 is 11.0. The number of piperidine rings is 1. The number of rotatable bonds is 6. The maximum atomic E-state index is 12.2. The maximum Gasteiger partial charge on any atom is 0.239 e. The molecule has 2 fully saturated rings. The molecule has 0 radical (unpaired) electrons. The number of likely N-dealkylation sites (tertiary alicyclic amines) is 1. The summed E-state index contributed by atoms with van der Waals surface area (Å²) in [7, 11) is 0. The fraction of sp³-hybridized carbons (Fsp3) is 0.929. The maximum absolute atomic E-state index is 12.2. The SMILES string of the molecule is CCOCCOC1CCN(C(=O)[C@@H]2CCCN2)CC1. The van der Waals surface area contributed by atoms with Gasteiger partial charge >= 0.3 is 0 Å². The standard InChI is InChI=1S/C14H26N2O3/c1-2-18-10-11-19-12-5-8-16(9-6-12)14(17)13-4-3-7-15-13/h12-13,15H,2-11H2,1H3/t13-/m0/s1. The van der Waals surface area contributed by atoms with Crippen LogP contribution in [0, 0.1) is 0 Å². The van der Waals surface area contributed by atoms with Crippen molar-refractivity contribution in [2.24, 2.45) is 0 Å².